The van der Waals surface area contributed by atoms with Crippen LogP contribution in [0.3, 0.4) is 0 Å². The van der Waals surface area contributed by atoms with Crippen LogP contribution in [-0.4, -0.2) is 57.1 Å². The highest BCUT2D eigenvalue weighted by Crippen LogP contribution is 2.25. The van der Waals surface area contributed by atoms with Gasteiger partial charge in [0.2, 0.25) is 21.8 Å². The second-order valence-corrected chi connectivity index (χ2v) is 13.3. The van der Waals surface area contributed by atoms with Crippen molar-refractivity contribution < 1.29 is 22.7 Å². The van der Waals surface area contributed by atoms with E-state index in [1.165, 1.54) is 11.4 Å². The average molecular weight is 626 g/mol. The van der Waals surface area contributed by atoms with Crippen molar-refractivity contribution in [3.63, 3.8) is 0 Å². The van der Waals surface area contributed by atoms with E-state index in [0.29, 0.717) is 22.9 Å². The molecule has 1 N–H and O–H groups in total. The minimum absolute atomic E-state index is 0.0441. The SMILES string of the molecule is COc1cccc(N(CCCC(=O)N(Cc2ccccc2Cl)C(Cc2ccccc2)C(=O)NC2CCCC2)S(C)(=O)=O)c1. The van der Waals surface area contributed by atoms with Crippen LogP contribution in [0.2, 0.25) is 5.02 Å². The van der Waals surface area contributed by atoms with E-state index in [-0.39, 0.29) is 43.8 Å². The predicted molar refractivity (Wildman–Crippen MR) is 171 cm³/mol. The molecule has 0 radical (unpaired) electrons. The molecular formula is C33H40ClN3O5S. The van der Waals surface area contributed by atoms with Crippen LogP contribution in [-0.2, 0) is 32.6 Å². The van der Waals surface area contributed by atoms with Crippen molar-refractivity contribution in [2.75, 3.05) is 24.2 Å². The van der Waals surface area contributed by atoms with Gasteiger partial charge in [-0.25, -0.2) is 8.42 Å². The van der Waals surface area contributed by atoms with E-state index < -0.39 is 16.1 Å². The number of amides is 2. The number of hydrogen-bond donors (Lipinski definition) is 1. The lowest BCUT2D eigenvalue weighted by molar-refractivity contribution is -0.141. The van der Waals surface area contributed by atoms with Crippen LogP contribution in [0.4, 0.5) is 5.69 Å². The number of carbonyl (C=O) groups is 2. The fourth-order valence-corrected chi connectivity index (χ4v) is 6.65. The van der Waals surface area contributed by atoms with Gasteiger partial charge in [0, 0.05) is 43.1 Å². The summed E-state index contributed by atoms with van der Waals surface area (Å²) in [4.78, 5) is 29.5. The molecule has 43 heavy (non-hydrogen) atoms. The number of anilines is 1. The van der Waals surface area contributed by atoms with Crippen LogP contribution >= 0.6 is 11.6 Å². The van der Waals surface area contributed by atoms with Gasteiger partial charge in [0.1, 0.15) is 11.8 Å². The lowest BCUT2D eigenvalue weighted by Crippen LogP contribution is -2.52. The summed E-state index contributed by atoms with van der Waals surface area (Å²) in [5, 5.41) is 3.71. The van der Waals surface area contributed by atoms with E-state index in [0.717, 1.165) is 43.1 Å². The van der Waals surface area contributed by atoms with Gasteiger partial charge >= 0.3 is 0 Å². The van der Waals surface area contributed by atoms with Crippen molar-refractivity contribution in [3.05, 3.63) is 95.0 Å². The Balaban J connectivity index is 1.59. The molecule has 10 heteroatoms. The number of hydrogen-bond acceptors (Lipinski definition) is 5. The molecule has 3 aromatic rings. The molecule has 0 heterocycles. The first-order chi connectivity index (χ1) is 20.7. The van der Waals surface area contributed by atoms with Gasteiger partial charge in [0.05, 0.1) is 19.1 Å². The minimum atomic E-state index is -3.63. The Labute approximate surface area is 260 Å². The zero-order valence-corrected chi connectivity index (χ0v) is 26.3. The quantitative estimate of drug-likeness (QED) is 0.252. The van der Waals surface area contributed by atoms with Gasteiger partial charge in [-0.3, -0.25) is 13.9 Å². The Morgan fingerprint density at radius 1 is 1.00 bits per heavy atom. The number of methoxy groups -OCH3 is 1. The first-order valence-corrected chi connectivity index (χ1v) is 16.9. The predicted octanol–water partition coefficient (Wildman–Crippen LogP) is 5.59. The van der Waals surface area contributed by atoms with Crippen LogP contribution in [0, 0.1) is 0 Å². The molecule has 4 rings (SSSR count). The van der Waals surface area contributed by atoms with Crippen molar-refractivity contribution in [1.29, 1.82) is 0 Å². The Kier molecular flexibility index (Phi) is 11.5. The largest absolute Gasteiger partial charge is 0.497 e. The van der Waals surface area contributed by atoms with Gasteiger partial charge in [-0.05, 0) is 48.6 Å². The van der Waals surface area contributed by atoms with E-state index in [4.69, 9.17) is 16.3 Å². The first kappa shape index (κ1) is 32.4. The van der Waals surface area contributed by atoms with Crippen LogP contribution < -0.4 is 14.4 Å². The maximum Gasteiger partial charge on any atom is 0.243 e. The molecule has 0 aliphatic heterocycles. The molecule has 1 fully saturated rings. The van der Waals surface area contributed by atoms with Gasteiger partial charge < -0.3 is 15.0 Å². The number of sulfonamides is 1. The van der Waals surface area contributed by atoms with Crippen LogP contribution in [0.15, 0.2) is 78.9 Å². The fourth-order valence-electron chi connectivity index (χ4n) is 5.50. The lowest BCUT2D eigenvalue weighted by atomic mass is 10.0. The number of benzene rings is 3. The summed E-state index contributed by atoms with van der Waals surface area (Å²) in [7, 11) is -2.11. The third-order valence-corrected chi connectivity index (χ3v) is 9.33. The summed E-state index contributed by atoms with van der Waals surface area (Å²) >= 11 is 6.52. The van der Waals surface area contributed by atoms with Gasteiger partial charge in [0.15, 0.2) is 0 Å². The second kappa shape index (κ2) is 15.3. The Morgan fingerprint density at radius 3 is 2.37 bits per heavy atom. The van der Waals surface area contributed by atoms with E-state index in [1.807, 2.05) is 48.5 Å². The molecule has 1 aliphatic rings. The molecule has 3 aromatic carbocycles. The topological polar surface area (TPSA) is 96.0 Å². The minimum Gasteiger partial charge on any atom is -0.497 e. The first-order valence-electron chi connectivity index (χ1n) is 14.6. The number of halogens is 1. The summed E-state index contributed by atoms with van der Waals surface area (Å²) < 4.78 is 32.0. The van der Waals surface area contributed by atoms with Gasteiger partial charge in [-0.1, -0.05) is 79.0 Å². The van der Waals surface area contributed by atoms with Crippen LogP contribution in [0.5, 0.6) is 5.75 Å². The number of carbonyl (C=O) groups excluding carboxylic acids is 2. The molecule has 1 unspecified atom stereocenters. The highest BCUT2D eigenvalue weighted by Gasteiger charge is 2.32. The van der Waals surface area contributed by atoms with Crippen molar-refractivity contribution in [3.8, 4) is 5.75 Å². The molecule has 1 aliphatic carbocycles. The van der Waals surface area contributed by atoms with E-state index >= 15 is 0 Å². The molecule has 0 aromatic heterocycles. The van der Waals surface area contributed by atoms with E-state index in [9.17, 15) is 18.0 Å². The zero-order valence-electron chi connectivity index (χ0n) is 24.7. The third-order valence-electron chi connectivity index (χ3n) is 7.76. The van der Waals surface area contributed by atoms with Gasteiger partial charge in [-0.15, -0.1) is 0 Å². The molecule has 8 nitrogen and oxygen atoms in total. The molecule has 230 valence electrons. The molecule has 1 atom stereocenters. The number of ether oxygens (including phenoxy) is 1. The molecule has 2 amide bonds. The van der Waals surface area contributed by atoms with Crippen molar-refractivity contribution in [2.24, 2.45) is 0 Å². The third kappa shape index (κ3) is 9.21. The maximum atomic E-state index is 14.0. The Hall–Kier alpha value is -3.56. The van der Waals surface area contributed by atoms with Crippen molar-refractivity contribution in [1.82, 2.24) is 10.2 Å². The van der Waals surface area contributed by atoms with Crippen molar-refractivity contribution >= 4 is 39.1 Å². The second-order valence-electron chi connectivity index (χ2n) is 10.9. The standard InChI is InChI=1S/C33H40ClN3O5S/c1-42-29-18-10-17-28(23-29)37(43(2,40)41)21-11-20-32(38)36(24-26-14-6-9-19-30(26)34)31(22-25-12-4-3-5-13-25)33(39)35-27-15-7-8-16-27/h3-6,9-10,12-14,17-19,23,27,31H,7-8,11,15-16,20-22,24H2,1-2H3,(H,35,39). The smallest absolute Gasteiger partial charge is 0.243 e. The fraction of sp³-hybridized carbons (Fsp3) is 0.394. The van der Waals surface area contributed by atoms with Crippen LogP contribution in [0.25, 0.3) is 0 Å². The van der Waals surface area contributed by atoms with Gasteiger partial charge in [-0.2, -0.15) is 0 Å². The molecule has 0 saturated heterocycles. The number of nitrogens with one attached hydrogen (secondary N) is 1. The molecular weight excluding hydrogens is 586 g/mol. The van der Waals surface area contributed by atoms with Crippen LogP contribution in [0.1, 0.15) is 49.7 Å². The van der Waals surface area contributed by atoms with E-state index in [2.05, 4.69) is 5.32 Å². The summed E-state index contributed by atoms with van der Waals surface area (Å²) in [5.41, 5.74) is 2.13. The number of nitrogens with zero attached hydrogens (tertiary/aromatic N) is 2. The lowest BCUT2D eigenvalue weighted by Gasteiger charge is -2.33. The highest BCUT2D eigenvalue weighted by molar-refractivity contribution is 7.92. The number of rotatable bonds is 14. The maximum absolute atomic E-state index is 14.0. The normalized spacial score (nSPS) is 14.2. The molecule has 1 saturated carbocycles. The van der Waals surface area contributed by atoms with E-state index in [1.54, 1.807) is 35.2 Å². The summed E-state index contributed by atoms with van der Waals surface area (Å²) in [5.74, 6) is 0.0944. The Bertz CT molecular complexity index is 1480. The van der Waals surface area contributed by atoms with Gasteiger partial charge in [0.25, 0.3) is 0 Å². The Morgan fingerprint density at radius 2 is 1.70 bits per heavy atom. The average Bonchev–Trinajstić information content (AvgIpc) is 3.50. The zero-order chi connectivity index (χ0) is 30.8. The molecule has 0 bridgehead atoms. The monoisotopic (exact) mass is 625 g/mol. The molecule has 0 spiro atoms. The summed E-state index contributed by atoms with van der Waals surface area (Å²) in [6.07, 6.45) is 5.77. The van der Waals surface area contributed by atoms with Crippen molar-refractivity contribution in [2.45, 2.75) is 63.6 Å². The summed E-state index contributed by atoms with van der Waals surface area (Å²) in [6.45, 7) is 0.245. The summed E-state index contributed by atoms with van der Waals surface area (Å²) in [6, 6.07) is 23.1. The highest BCUT2D eigenvalue weighted by atomic mass is 35.5.